The van der Waals surface area contributed by atoms with Crippen molar-refractivity contribution in [2.75, 3.05) is 25.0 Å². The maximum atomic E-state index is 13.2. The normalized spacial score (nSPS) is 15.2. The smallest absolute Gasteiger partial charge is 0.262 e. The fourth-order valence-corrected chi connectivity index (χ4v) is 4.71. The van der Waals surface area contributed by atoms with Crippen LogP contribution < -0.4 is 10.1 Å². The number of ether oxygens (including phenoxy) is 1. The lowest BCUT2D eigenvalue weighted by Gasteiger charge is -2.26. The summed E-state index contributed by atoms with van der Waals surface area (Å²) >= 11 is 0. The quantitative estimate of drug-likeness (QED) is 0.799. The topological polar surface area (TPSA) is 75.7 Å². The zero-order valence-corrected chi connectivity index (χ0v) is 16.5. The number of rotatable bonds is 6. The Labute approximate surface area is 164 Å². The zero-order valence-electron chi connectivity index (χ0n) is 15.7. The van der Waals surface area contributed by atoms with Crippen molar-refractivity contribution >= 4 is 21.6 Å². The maximum Gasteiger partial charge on any atom is 0.262 e. The van der Waals surface area contributed by atoms with Gasteiger partial charge in [-0.25, -0.2) is 12.8 Å². The summed E-state index contributed by atoms with van der Waals surface area (Å²) in [4.78, 5) is 12.2. The molecule has 8 heteroatoms. The van der Waals surface area contributed by atoms with Crippen LogP contribution in [0.25, 0.3) is 0 Å². The summed E-state index contributed by atoms with van der Waals surface area (Å²) in [6, 6.07) is 10.2. The second-order valence-electron chi connectivity index (χ2n) is 6.74. The van der Waals surface area contributed by atoms with Gasteiger partial charge < -0.3 is 10.1 Å². The summed E-state index contributed by atoms with van der Waals surface area (Å²) in [5.74, 6) is -0.456. The van der Waals surface area contributed by atoms with Gasteiger partial charge in [-0.05, 0) is 61.7 Å². The number of nitrogens with one attached hydrogen (secondary N) is 1. The van der Waals surface area contributed by atoms with Crippen molar-refractivity contribution in [3.05, 3.63) is 53.8 Å². The second-order valence-corrected chi connectivity index (χ2v) is 8.68. The molecule has 0 aromatic heterocycles. The minimum Gasteiger partial charge on any atom is -0.483 e. The number of hydrogen-bond donors (Lipinski definition) is 1. The highest BCUT2D eigenvalue weighted by Gasteiger charge is 2.26. The minimum atomic E-state index is -3.51. The zero-order chi connectivity index (χ0) is 20.1. The summed E-state index contributed by atoms with van der Waals surface area (Å²) in [5.41, 5.74) is 0.963. The number of hydrogen-bond acceptors (Lipinski definition) is 4. The van der Waals surface area contributed by atoms with E-state index in [9.17, 15) is 17.6 Å². The van der Waals surface area contributed by atoms with Crippen molar-refractivity contribution in [2.45, 2.75) is 31.1 Å². The number of carbonyl (C=O) groups is 1. The Morgan fingerprint density at radius 2 is 1.89 bits per heavy atom. The van der Waals surface area contributed by atoms with E-state index >= 15 is 0 Å². The van der Waals surface area contributed by atoms with E-state index < -0.39 is 21.7 Å². The molecule has 1 heterocycles. The molecule has 28 heavy (non-hydrogen) atoms. The molecule has 1 aliphatic heterocycles. The number of anilines is 1. The molecule has 2 aromatic rings. The van der Waals surface area contributed by atoms with Crippen LogP contribution in [0.2, 0.25) is 0 Å². The SMILES string of the molecule is Cc1cc(S(=O)(=O)N2CCCCC2)ccc1OCC(=O)Nc1cccc(F)c1. The van der Waals surface area contributed by atoms with Crippen LogP contribution >= 0.6 is 0 Å². The van der Waals surface area contributed by atoms with Gasteiger partial charge in [-0.15, -0.1) is 0 Å². The fraction of sp³-hybridized carbons (Fsp3) is 0.350. The third-order valence-electron chi connectivity index (χ3n) is 4.57. The highest BCUT2D eigenvalue weighted by Crippen LogP contribution is 2.26. The first-order valence-corrected chi connectivity index (χ1v) is 10.6. The van der Waals surface area contributed by atoms with Gasteiger partial charge in [0.05, 0.1) is 4.90 Å². The summed E-state index contributed by atoms with van der Waals surface area (Å²) in [5, 5.41) is 2.54. The Balaban J connectivity index is 1.63. The van der Waals surface area contributed by atoms with Gasteiger partial charge >= 0.3 is 0 Å². The van der Waals surface area contributed by atoms with Gasteiger partial charge in [-0.2, -0.15) is 4.31 Å². The van der Waals surface area contributed by atoms with Gasteiger partial charge in [0.2, 0.25) is 10.0 Å². The molecule has 3 rings (SSSR count). The molecule has 1 saturated heterocycles. The van der Waals surface area contributed by atoms with Crippen LogP contribution in [0.1, 0.15) is 24.8 Å². The molecule has 0 unspecified atom stereocenters. The summed E-state index contributed by atoms with van der Waals surface area (Å²) in [7, 11) is -3.51. The molecule has 1 fully saturated rings. The molecule has 150 valence electrons. The number of carbonyl (C=O) groups excluding carboxylic acids is 1. The van der Waals surface area contributed by atoms with E-state index in [1.165, 1.54) is 28.6 Å². The van der Waals surface area contributed by atoms with Crippen LogP contribution in [-0.2, 0) is 14.8 Å². The minimum absolute atomic E-state index is 0.225. The van der Waals surface area contributed by atoms with Crippen LogP contribution in [0, 0.1) is 12.7 Å². The van der Waals surface area contributed by atoms with Crippen LogP contribution in [0.5, 0.6) is 5.75 Å². The molecular weight excluding hydrogens is 383 g/mol. The lowest BCUT2D eigenvalue weighted by atomic mass is 10.2. The molecule has 1 N–H and O–H groups in total. The van der Waals surface area contributed by atoms with Crippen LogP contribution in [0.3, 0.4) is 0 Å². The predicted molar refractivity (Wildman–Crippen MR) is 104 cm³/mol. The first-order chi connectivity index (χ1) is 13.4. The first kappa shape index (κ1) is 20.3. The predicted octanol–water partition coefficient (Wildman–Crippen LogP) is 3.33. The number of piperidine rings is 1. The number of benzene rings is 2. The summed E-state index contributed by atoms with van der Waals surface area (Å²) in [6.45, 7) is 2.55. The molecular formula is C20H23FN2O4S. The lowest BCUT2D eigenvalue weighted by Crippen LogP contribution is -2.35. The van der Waals surface area contributed by atoms with Crippen molar-refractivity contribution in [1.82, 2.24) is 4.31 Å². The Bertz CT molecular complexity index is 956. The van der Waals surface area contributed by atoms with E-state index in [2.05, 4.69) is 5.32 Å². The number of sulfonamides is 1. The molecule has 1 aliphatic rings. The van der Waals surface area contributed by atoms with E-state index in [0.29, 0.717) is 30.1 Å². The molecule has 0 radical (unpaired) electrons. The Hall–Kier alpha value is -2.45. The van der Waals surface area contributed by atoms with E-state index in [1.807, 2.05) is 0 Å². The first-order valence-electron chi connectivity index (χ1n) is 9.15. The largest absolute Gasteiger partial charge is 0.483 e. The van der Waals surface area contributed by atoms with Crippen molar-refractivity contribution in [3.63, 3.8) is 0 Å². The van der Waals surface area contributed by atoms with E-state index in [0.717, 1.165) is 19.3 Å². The van der Waals surface area contributed by atoms with Crippen molar-refractivity contribution in [2.24, 2.45) is 0 Å². The van der Waals surface area contributed by atoms with Gasteiger partial charge in [-0.1, -0.05) is 12.5 Å². The fourth-order valence-electron chi connectivity index (χ4n) is 3.11. The number of halogens is 1. The molecule has 0 saturated carbocycles. The number of aryl methyl sites for hydroxylation is 1. The average Bonchev–Trinajstić information content (AvgIpc) is 2.67. The summed E-state index contributed by atoms with van der Waals surface area (Å²) in [6.07, 6.45) is 2.80. The third-order valence-corrected chi connectivity index (χ3v) is 6.46. The van der Waals surface area contributed by atoms with Gasteiger partial charge in [0.25, 0.3) is 5.91 Å². The molecule has 0 bridgehead atoms. The monoisotopic (exact) mass is 406 g/mol. The van der Waals surface area contributed by atoms with E-state index in [4.69, 9.17) is 4.74 Å². The second kappa shape index (κ2) is 8.70. The average molecular weight is 406 g/mol. The molecule has 0 spiro atoms. The van der Waals surface area contributed by atoms with E-state index in [-0.39, 0.29) is 11.5 Å². The lowest BCUT2D eigenvalue weighted by molar-refractivity contribution is -0.118. The highest BCUT2D eigenvalue weighted by molar-refractivity contribution is 7.89. The van der Waals surface area contributed by atoms with Gasteiger partial charge in [0.15, 0.2) is 6.61 Å². The van der Waals surface area contributed by atoms with Crippen molar-refractivity contribution in [1.29, 1.82) is 0 Å². The molecule has 0 atom stereocenters. The molecule has 1 amide bonds. The van der Waals surface area contributed by atoms with Crippen LogP contribution in [-0.4, -0.2) is 38.3 Å². The van der Waals surface area contributed by atoms with Gasteiger partial charge in [0, 0.05) is 18.8 Å². The third kappa shape index (κ3) is 4.88. The molecule has 0 aliphatic carbocycles. The standard InChI is InChI=1S/C20H23FN2O4S/c1-15-12-18(28(25,26)23-10-3-2-4-11-23)8-9-19(15)27-14-20(24)22-17-7-5-6-16(21)13-17/h5-9,12-13H,2-4,10-11,14H2,1H3,(H,22,24). The molecule has 2 aromatic carbocycles. The number of amides is 1. The van der Waals surface area contributed by atoms with Gasteiger partial charge in [0.1, 0.15) is 11.6 Å². The number of nitrogens with zero attached hydrogens (tertiary/aromatic N) is 1. The van der Waals surface area contributed by atoms with Crippen molar-refractivity contribution < 1.29 is 22.3 Å². The molecule has 6 nitrogen and oxygen atoms in total. The van der Waals surface area contributed by atoms with E-state index in [1.54, 1.807) is 25.1 Å². The maximum absolute atomic E-state index is 13.2. The Morgan fingerprint density at radius 1 is 1.14 bits per heavy atom. The van der Waals surface area contributed by atoms with Crippen LogP contribution in [0.15, 0.2) is 47.4 Å². The highest BCUT2D eigenvalue weighted by atomic mass is 32.2. The van der Waals surface area contributed by atoms with Crippen LogP contribution in [0.4, 0.5) is 10.1 Å². The van der Waals surface area contributed by atoms with Crippen molar-refractivity contribution in [3.8, 4) is 5.75 Å². The summed E-state index contributed by atoms with van der Waals surface area (Å²) < 4.78 is 45.6. The van der Waals surface area contributed by atoms with Gasteiger partial charge in [-0.3, -0.25) is 4.79 Å². The Morgan fingerprint density at radius 3 is 2.57 bits per heavy atom. The Kier molecular flexibility index (Phi) is 6.31.